The number of rotatable bonds is 8. The fraction of sp³-hybridized carbons (Fsp3) is 0.114. The minimum atomic E-state index is -0.431. The summed E-state index contributed by atoms with van der Waals surface area (Å²) in [7, 11) is 0. The van der Waals surface area contributed by atoms with E-state index in [0.717, 1.165) is 5.56 Å². The molecule has 5 nitrogen and oxygen atoms in total. The second kappa shape index (κ2) is 11.5. The third-order valence-corrected chi connectivity index (χ3v) is 7.36. The zero-order valence-corrected chi connectivity index (χ0v) is 21.9. The molecule has 0 bridgehead atoms. The van der Waals surface area contributed by atoms with Crippen molar-refractivity contribution in [3.05, 3.63) is 161 Å². The average Bonchev–Trinajstić information content (AvgIpc) is 3.03. The second-order valence-electron chi connectivity index (χ2n) is 9.88. The highest BCUT2D eigenvalue weighted by Crippen LogP contribution is 2.44. The lowest BCUT2D eigenvalue weighted by atomic mass is 9.91. The van der Waals surface area contributed by atoms with Crippen LogP contribution >= 0.6 is 0 Å². The topological polar surface area (TPSA) is 70.6 Å². The number of hydrogen-bond acceptors (Lipinski definition) is 5. The number of ketones is 1. The molecule has 0 radical (unpaired) electrons. The summed E-state index contributed by atoms with van der Waals surface area (Å²) in [6.07, 6.45) is -0.431. The van der Waals surface area contributed by atoms with Crippen LogP contribution in [0, 0.1) is 0 Å². The Hall–Kier alpha value is -4.87. The minimum absolute atomic E-state index is 0.114. The fourth-order valence-corrected chi connectivity index (χ4v) is 5.29. The molecule has 3 N–H and O–H groups in total. The number of anilines is 1. The molecule has 0 saturated heterocycles. The van der Waals surface area contributed by atoms with E-state index < -0.39 is 6.23 Å². The van der Waals surface area contributed by atoms with E-state index in [4.69, 9.17) is 4.74 Å². The van der Waals surface area contributed by atoms with Gasteiger partial charge in [0, 0.05) is 18.0 Å². The molecular weight excluding hydrogens is 496 g/mol. The van der Waals surface area contributed by atoms with Crippen molar-refractivity contribution in [2.75, 3.05) is 11.9 Å². The van der Waals surface area contributed by atoms with Crippen molar-refractivity contribution in [1.82, 2.24) is 5.32 Å². The molecule has 2 unspecified atom stereocenters. The van der Waals surface area contributed by atoms with Gasteiger partial charge in [-0.05, 0) is 28.8 Å². The van der Waals surface area contributed by atoms with Crippen LogP contribution < -0.4 is 15.4 Å². The van der Waals surface area contributed by atoms with Gasteiger partial charge in [0.2, 0.25) is 0 Å². The first-order valence-corrected chi connectivity index (χ1v) is 13.5. The lowest BCUT2D eigenvalue weighted by Gasteiger charge is -2.37. The van der Waals surface area contributed by atoms with Crippen molar-refractivity contribution in [2.24, 2.45) is 0 Å². The average molecular weight is 527 g/mol. The van der Waals surface area contributed by atoms with Crippen molar-refractivity contribution in [1.29, 1.82) is 0 Å². The van der Waals surface area contributed by atoms with Crippen LogP contribution in [0.25, 0.3) is 0 Å². The maximum absolute atomic E-state index is 13.2. The number of ether oxygens (including phenoxy) is 1. The first-order valence-electron chi connectivity index (χ1n) is 13.5. The molecule has 5 aromatic carbocycles. The van der Waals surface area contributed by atoms with Crippen LogP contribution in [0.15, 0.2) is 133 Å². The number of phenolic OH excluding ortho intramolecular Hbond substituents is 1. The van der Waals surface area contributed by atoms with Crippen molar-refractivity contribution in [3.63, 3.8) is 0 Å². The van der Waals surface area contributed by atoms with Crippen molar-refractivity contribution < 1.29 is 14.6 Å². The molecule has 5 heteroatoms. The summed E-state index contributed by atoms with van der Waals surface area (Å²) >= 11 is 0. The quantitative estimate of drug-likeness (QED) is 0.151. The molecule has 0 aromatic heterocycles. The monoisotopic (exact) mass is 526 g/mol. The first kappa shape index (κ1) is 25.4. The van der Waals surface area contributed by atoms with E-state index in [-0.39, 0.29) is 29.1 Å². The van der Waals surface area contributed by atoms with Crippen molar-refractivity contribution in [3.8, 4) is 11.5 Å². The third kappa shape index (κ3) is 5.20. The summed E-state index contributed by atoms with van der Waals surface area (Å²) in [4.78, 5) is 13.2. The van der Waals surface area contributed by atoms with E-state index in [1.54, 1.807) is 24.3 Å². The second-order valence-corrected chi connectivity index (χ2v) is 9.88. The molecule has 0 spiro atoms. The molecular formula is C35H30N2O3. The molecule has 5 aromatic rings. The highest BCUT2D eigenvalue weighted by atomic mass is 16.5. The SMILES string of the molecule is O=C(c1ccccc1)c1ccc2c(c1O)NC(c1ccccc1)C(NCC(c1ccccc1)c1ccccc1)O2. The van der Waals surface area contributed by atoms with Crippen LogP contribution in [0.2, 0.25) is 0 Å². The standard InChI is InChI=1S/C35H30N2O3/c38-33(27-19-11-4-12-20-27)28-21-22-30-32(34(28)39)37-31(26-17-9-3-10-18-26)35(40-30)36-23-29(24-13-5-1-6-14-24)25-15-7-2-8-16-25/h1-22,29,31,35-37,39H,23H2. The summed E-state index contributed by atoms with van der Waals surface area (Å²) in [6.45, 7) is 0.635. The third-order valence-electron chi connectivity index (χ3n) is 7.36. The maximum Gasteiger partial charge on any atom is 0.196 e. The van der Waals surface area contributed by atoms with Crippen LogP contribution in [-0.4, -0.2) is 23.7 Å². The Morgan fingerprint density at radius 3 is 1.90 bits per heavy atom. The van der Waals surface area contributed by atoms with Gasteiger partial charge in [0.15, 0.2) is 17.8 Å². The number of benzene rings is 5. The van der Waals surface area contributed by atoms with Gasteiger partial charge in [-0.15, -0.1) is 0 Å². The Labute approximate surface area is 234 Å². The fourth-order valence-electron chi connectivity index (χ4n) is 5.29. The predicted octanol–water partition coefficient (Wildman–Crippen LogP) is 6.92. The summed E-state index contributed by atoms with van der Waals surface area (Å²) < 4.78 is 6.50. The molecule has 6 rings (SSSR count). The number of carbonyl (C=O) groups is 1. The van der Waals surface area contributed by atoms with Gasteiger partial charge in [-0.25, -0.2) is 0 Å². The lowest BCUT2D eigenvalue weighted by Crippen LogP contribution is -2.46. The van der Waals surface area contributed by atoms with Crippen LogP contribution in [-0.2, 0) is 0 Å². The zero-order valence-electron chi connectivity index (χ0n) is 21.9. The Morgan fingerprint density at radius 1 is 0.750 bits per heavy atom. The van der Waals surface area contributed by atoms with Gasteiger partial charge >= 0.3 is 0 Å². The Kier molecular flexibility index (Phi) is 7.29. The first-order chi connectivity index (χ1) is 19.7. The Morgan fingerprint density at radius 2 is 1.30 bits per heavy atom. The van der Waals surface area contributed by atoms with Crippen LogP contribution in [0.1, 0.15) is 44.6 Å². The molecule has 1 heterocycles. The van der Waals surface area contributed by atoms with Gasteiger partial charge in [-0.3, -0.25) is 10.1 Å². The molecule has 198 valence electrons. The number of hydrogen-bond donors (Lipinski definition) is 3. The molecule has 1 aliphatic rings. The number of fused-ring (bicyclic) bond motifs is 1. The number of carbonyl (C=O) groups excluding carboxylic acids is 1. The summed E-state index contributed by atoms with van der Waals surface area (Å²) in [5.41, 5.74) is 4.58. The number of nitrogens with one attached hydrogen (secondary N) is 2. The summed E-state index contributed by atoms with van der Waals surface area (Å²) in [6, 6.07) is 42.9. The van der Waals surface area contributed by atoms with Gasteiger partial charge in [0.1, 0.15) is 17.5 Å². The van der Waals surface area contributed by atoms with E-state index in [0.29, 0.717) is 23.5 Å². The summed E-state index contributed by atoms with van der Waals surface area (Å²) in [5, 5.41) is 18.4. The van der Waals surface area contributed by atoms with Crippen LogP contribution in [0.4, 0.5) is 5.69 Å². The van der Waals surface area contributed by atoms with E-state index in [2.05, 4.69) is 59.2 Å². The van der Waals surface area contributed by atoms with Gasteiger partial charge in [-0.1, -0.05) is 121 Å². The van der Waals surface area contributed by atoms with E-state index in [1.165, 1.54) is 11.1 Å². The van der Waals surface area contributed by atoms with Crippen LogP contribution in [0.5, 0.6) is 11.5 Å². The van der Waals surface area contributed by atoms with Gasteiger partial charge in [0.25, 0.3) is 0 Å². The Balaban J connectivity index is 1.32. The van der Waals surface area contributed by atoms with Gasteiger partial charge in [0.05, 0.1) is 5.56 Å². The highest BCUT2D eigenvalue weighted by Gasteiger charge is 2.34. The van der Waals surface area contributed by atoms with Crippen molar-refractivity contribution in [2.45, 2.75) is 18.2 Å². The molecule has 0 fully saturated rings. The zero-order chi connectivity index (χ0) is 27.3. The van der Waals surface area contributed by atoms with E-state index in [9.17, 15) is 9.90 Å². The van der Waals surface area contributed by atoms with E-state index >= 15 is 0 Å². The molecule has 2 atom stereocenters. The normalized spacial score (nSPS) is 16.0. The Bertz CT molecular complexity index is 1540. The maximum atomic E-state index is 13.2. The molecule has 0 aliphatic carbocycles. The smallest absolute Gasteiger partial charge is 0.196 e. The highest BCUT2D eigenvalue weighted by molar-refractivity contribution is 6.12. The molecule has 0 saturated carbocycles. The lowest BCUT2D eigenvalue weighted by molar-refractivity contribution is 0.103. The van der Waals surface area contributed by atoms with Gasteiger partial charge < -0.3 is 15.2 Å². The molecule has 40 heavy (non-hydrogen) atoms. The molecule has 1 aliphatic heterocycles. The molecule has 0 amide bonds. The number of phenols is 1. The van der Waals surface area contributed by atoms with Crippen molar-refractivity contribution >= 4 is 11.5 Å². The summed E-state index contributed by atoms with van der Waals surface area (Å²) in [5.74, 6) is 0.246. The minimum Gasteiger partial charge on any atom is -0.505 e. The number of aromatic hydroxyl groups is 1. The van der Waals surface area contributed by atoms with Crippen LogP contribution in [0.3, 0.4) is 0 Å². The largest absolute Gasteiger partial charge is 0.505 e. The predicted molar refractivity (Wildman–Crippen MR) is 158 cm³/mol. The van der Waals surface area contributed by atoms with Gasteiger partial charge in [-0.2, -0.15) is 0 Å². The van der Waals surface area contributed by atoms with E-state index in [1.807, 2.05) is 60.7 Å².